The third kappa shape index (κ3) is 2.73. The Morgan fingerprint density at radius 3 is 2.52 bits per heavy atom. The molecule has 4 aliphatic rings. The van der Waals surface area contributed by atoms with E-state index in [4.69, 9.17) is 0 Å². The highest BCUT2D eigenvalue weighted by Crippen LogP contribution is 2.74. The van der Waals surface area contributed by atoms with Gasteiger partial charge in [-0.3, -0.25) is 9.48 Å². The molecule has 5 nitrogen and oxygen atoms in total. The van der Waals surface area contributed by atoms with Gasteiger partial charge >= 0.3 is 0 Å². The van der Waals surface area contributed by atoms with E-state index in [-0.39, 0.29) is 17.1 Å². The Bertz CT molecular complexity index is 1230. The average molecular weight is 424 g/mol. The lowest BCUT2D eigenvalue weighted by Crippen LogP contribution is -2.68. The van der Waals surface area contributed by atoms with Gasteiger partial charge in [0.1, 0.15) is 17.5 Å². The number of aromatic nitrogens is 2. The molecule has 1 unspecified atom stereocenters. The predicted molar refractivity (Wildman–Crippen MR) is 107 cm³/mol. The molecular weight excluding hydrogens is 405 g/mol. The molecule has 3 fully saturated rings. The van der Waals surface area contributed by atoms with Crippen molar-refractivity contribution >= 4 is 23.0 Å². The van der Waals surface area contributed by atoms with Crippen molar-refractivity contribution in [2.45, 2.75) is 38.3 Å². The van der Waals surface area contributed by atoms with E-state index < -0.39 is 23.1 Å². The first-order valence-electron chi connectivity index (χ1n) is 10.3. The number of carbonyl (C=O) groups excluding carboxylic acids is 1. The number of fused-ring (bicyclic) bond motifs is 1. The van der Waals surface area contributed by atoms with Crippen molar-refractivity contribution in [3.63, 3.8) is 0 Å². The fraction of sp³-hybridized carbons (Fsp3) is 0.348. The van der Waals surface area contributed by atoms with Crippen molar-refractivity contribution in [2.75, 3.05) is 0 Å². The number of benzene rings is 2. The molecule has 1 amide bonds. The van der Waals surface area contributed by atoms with E-state index >= 15 is 0 Å². The van der Waals surface area contributed by atoms with Crippen LogP contribution in [0.25, 0.3) is 10.9 Å². The van der Waals surface area contributed by atoms with Crippen molar-refractivity contribution in [1.82, 2.24) is 14.8 Å². The highest BCUT2D eigenvalue weighted by atomic mass is 19.1. The number of nitrogens with zero attached hydrogens (tertiary/aromatic N) is 4. The Balaban J connectivity index is 1.18. The van der Waals surface area contributed by atoms with Gasteiger partial charge in [0.2, 0.25) is 5.91 Å². The van der Waals surface area contributed by atoms with E-state index in [0.29, 0.717) is 18.5 Å². The third-order valence-corrected chi connectivity index (χ3v) is 6.99. The lowest BCUT2D eigenvalue weighted by molar-refractivity contribution is -0.223. The summed E-state index contributed by atoms with van der Waals surface area (Å²) in [5.74, 6) is -1.69. The lowest BCUT2D eigenvalue weighted by atomic mass is 9.34. The number of hydrogen-bond acceptors (Lipinski definition) is 3. The number of hydrogen-bond donors (Lipinski definition) is 0. The molecule has 31 heavy (non-hydrogen) atoms. The number of amides is 1. The minimum Gasteiger partial charge on any atom is -0.272 e. The van der Waals surface area contributed by atoms with Crippen molar-refractivity contribution in [2.24, 2.45) is 15.9 Å². The predicted octanol–water partition coefficient (Wildman–Crippen LogP) is 4.58. The summed E-state index contributed by atoms with van der Waals surface area (Å²) in [6.07, 6.45) is 5.92. The summed E-state index contributed by atoms with van der Waals surface area (Å²) in [5.41, 5.74) is 0.844. The molecule has 158 valence electrons. The van der Waals surface area contributed by atoms with E-state index in [2.05, 4.69) is 10.2 Å². The van der Waals surface area contributed by atoms with Crippen LogP contribution in [0.4, 0.5) is 13.2 Å². The summed E-state index contributed by atoms with van der Waals surface area (Å²) in [7, 11) is 0. The first-order valence-corrected chi connectivity index (χ1v) is 10.3. The van der Waals surface area contributed by atoms with Gasteiger partial charge in [-0.25, -0.2) is 18.2 Å². The van der Waals surface area contributed by atoms with Crippen LogP contribution in [0, 0.1) is 28.3 Å². The molecule has 3 aliphatic carbocycles. The molecule has 1 aromatic heterocycles. The van der Waals surface area contributed by atoms with Crippen molar-refractivity contribution in [3.8, 4) is 0 Å². The summed E-state index contributed by atoms with van der Waals surface area (Å²) < 4.78 is 42.7. The molecule has 1 aliphatic heterocycles. The minimum atomic E-state index is -0.662. The second-order valence-corrected chi connectivity index (χ2v) is 9.22. The first kappa shape index (κ1) is 18.6. The van der Waals surface area contributed by atoms with Gasteiger partial charge in [0, 0.05) is 30.6 Å². The van der Waals surface area contributed by atoms with Gasteiger partial charge in [-0.05, 0) is 60.6 Å². The Hall–Kier alpha value is -3.16. The standard InChI is InChI=1S/C23H19F3N4O/c24-16-1-2-19-15(7-16)9-28-29(19)13-22-10-23(11-22,12-22)21(31)30-20(3-4-27-30)14-5-17(25)8-18(26)6-14/h1-2,4-9,20H,3,10-13H2. The summed E-state index contributed by atoms with van der Waals surface area (Å²) in [6, 6.07) is 7.49. The van der Waals surface area contributed by atoms with Crippen LogP contribution in [0.3, 0.4) is 0 Å². The molecular formula is C23H19F3N4O. The fourth-order valence-electron chi connectivity index (χ4n) is 5.79. The van der Waals surface area contributed by atoms with Gasteiger partial charge in [-0.15, -0.1) is 0 Å². The zero-order chi connectivity index (χ0) is 21.4. The van der Waals surface area contributed by atoms with Crippen LogP contribution < -0.4 is 0 Å². The minimum absolute atomic E-state index is 0.00684. The number of carbonyl (C=O) groups is 1. The maximum Gasteiger partial charge on any atom is 0.249 e. The summed E-state index contributed by atoms with van der Waals surface area (Å²) in [5, 5.41) is 10.8. The van der Waals surface area contributed by atoms with Gasteiger partial charge in [-0.2, -0.15) is 10.2 Å². The molecule has 0 N–H and O–H groups in total. The molecule has 2 aromatic carbocycles. The van der Waals surface area contributed by atoms with E-state index in [0.717, 1.165) is 36.2 Å². The van der Waals surface area contributed by atoms with E-state index in [9.17, 15) is 18.0 Å². The maximum absolute atomic E-state index is 13.7. The van der Waals surface area contributed by atoms with Crippen LogP contribution in [0.15, 0.2) is 47.7 Å². The van der Waals surface area contributed by atoms with Gasteiger partial charge in [0.25, 0.3) is 0 Å². The Morgan fingerprint density at radius 1 is 1.03 bits per heavy atom. The van der Waals surface area contributed by atoms with Crippen LogP contribution in [-0.2, 0) is 11.3 Å². The summed E-state index contributed by atoms with van der Waals surface area (Å²) >= 11 is 0. The summed E-state index contributed by atoms with van der Waals surface area (Å²) in [6.45, 7) is 0.680. The average Bonchev–Trinajstić information content (AvgIpc) is 3.29. The molecule has 3 saturated carbocycles. The van der Waals surface area contributed by atoms with Crippen LogP contribution >= 0.6 is 0 Å². The molecule has 1 atom stereocenters. The highest BCUT2D eigenvalue weighted by Gasteiger charge is 2.72. The zero-order valence-corrected chi connectivity index (χ0v) is 16.6. The SMILES string of the molecule is O=C(N1N=CCC1c1cc(F)cc(F)c1)C12CC(Cn3ncc4cc(F)ccc43)(C1)C2. The van der Waals surface area contributed by atoms with Gasteiger partial charge in [0.05, 0.1) is 23.2 Å². The number of halogens is 3. The zero-order valence-electron chi connectivity index (χ0n) is 16.6. The van der Waals surface area contributed by atoms with Gasteiger partial charge in [-0.1, -0.05) is 0 Å². The second kappa shape index (κ2) is 6.18. The van der Waals surface area contributed by atoms with E-state index in [1.54, 1.807) is 18.5 Å². The van der Waals surface area contributed by atoms with Crippen molar-refractivity contribution in [1.29, 1.82) is 0 Å². The third-order valence-electron chi connectivity index (χ3n) is 6.99. The molecule has 2 bridgehead atoms. The lowest BCUT2D eigenvalue weighted by Gasteiger charge is -2.69. The Morgan fingerprint density at radius 2 is 1.77 bits per heavy atom. The number of hydrazone groups is 1. The highest BCUT2D eigenvalue weighted by molar-refractivity contribution is 5.88. The molecule has 3 aromatic rings. The van der Waals surface area contributed by atoms with Crippen LogP contribution in [0.5, 0.6) is 0 Å². The fourth-order valence-corrected chi connectivity index (χ4v) is 5.79. The smallest absolute Gasteiger partial charge is 0.249 e. The van der Waals surface area contributed by atoms with Crippen molar-refractivity contribution in [3.05, 3.63) is 65.6 Å². The monoisotopic (exact) mass is 424 g/mol. The molecule has 0 saturated heterocycles. The molecule has 0 spiro atoms. The topological polar surface area (TPSA) is 50.5 Å². The van der Waals surface area contributed by atoms with Crippen LogP contribution in [0.1, 0.15) is 37.3 Å². The van der Waals surface area contributed by atoms with Crippen LogP contribution in [0.2, 0.25) is 0 Å². The molecule has 7 rings (SSSR count). The largest absolute Gasteiger partial charge is 0.272 e. The van der Waals surface area contributed by atoms with Crippen molar-refractivity contribution < 1.29 is 18.0 Å². The molecule has 2 heterocycles. The van der Waals surface area contributed by atoms with Gasteiger partial charge in [0.15, 0.2) is 0 Å². The first-order chi connectivity index (χ1) is 14.9. The van der Waals surface area contributed by atoms with Gasteiger partial charge < -0.3 is 0 Å². The quantitative estimate of drug-likeness (QED) is 0.616. The Labute approximate surface area is 176 Å². The molecule has 0 radical (unpaired) electrons. The Kier molecular flexibility index (Phi) is 3.71. The van der Waals surface area contributed by atoms with Crippen LogP contribution in [-0.4, -0.2) is 26.9 Å². The normalized spacial score (nSPS) is 28.6. The summed E-state index contributed by atoms with van der Waals surface area (Å²) in [4.78, 5) is 13.3. The molecule has 8 heteroatoms. The number of rotatable bonds is 4. The second-order valence-electron chi connectivity index (χ2n) is 9.22. The maximum atomic E-state index is 13.7. The van der Waals surface area contributed by atoms with E-state index in [1.165, 1.54) is 29.3 Å². The van der Waals surface area contributed by atoms with E-state index in [1.807, 2.05) is 4.68 Å².